The van der Waals surface area contributed by atoms with E-state index in [9.17, 15) is 18.8 Å². The maximum Gasteiger partial charge on any atom is 0.414 e. The molecule has 0 spiro atoms. The number of nitrogens with one attached hydrogen (secondary N) is 2. The Labute approximate surface area is 209 Å². The van der Waals surface area contributed by atoms with Gasteiger partial charge in [-0.05, 0) is 36.1 Å². The summed E-state index contributed by atoms with van der Waals surface area (Å²) < 4.78 is 25.7. The van der Waals surface area contributed by atoms with Gasteiger partial charge in [0.2, 0.25) is 11.8 Å². The molecule has 36 heavy (non-hydrogen) atoms. The second-order valence-electron chi connectivity index (χ2n) is 9.07. The number of rotatable bonds is 10. The molecule has 2 heterocycles. The molecule has 2 N–H and O–H groups in total. The normalized spacial score (nSPS) is 19.3. The van der Waals surface area contributed by atoms with E-state index in [0.717, 1.165) is 12.0 Å². The Morgan fingerprint density at radius 2 is 1.92 bits per heavy atom. The highest BCUT2D eigenvalue weighted by atomic mass is 19.1. The molecule has 2 aliphatic heterocycles. The van der Waals surface area contributed by atoms with Gasteiger partial charge in [0.05, 0.1) is 31.1 Å². The lowest BCUT2D eigenvalue weighted by atomic mass is 10.1. The zero-order valence-electron chi connectivity index (χ0n) is 20.2. The fourth-order valence-electron chi connectivity index (χ4n) is 4.38. The van der Waals surface area contributed by atoms with Crippen molar-refractivity contribution in [2.24, 2.45) is 5.92 Å². The third-order valence-electron chi connectivity index (χ3n) is 6.25. The van der Waals surface area contributed by atoms with Gasteiger partial charge in [0, 0.05) is 26.6 Å². The van der Waals surface area contributed by atoms with Crippen molar-refractivity contribution in [3.8, 4) is 0 Å². The van der Waals surface area contributed by atoms with E-state index in [4.69, 9.17) is 9.47 Å². The van der Waals surface area contributed by atoms with Crippen LogP contribution in [0.5, 0.6) is 0 Å². The first-order chi connectivity index (χ1) is 17.4. The van der Waals surface area contributed by atoms with Crippen LogP contribution in [0.1, 0.15) is 18.9 Å². The van der Waals surface area contributed by atoms with E-state index >= 15 is 0 Å². The van der Waals surface area contributed by atoms with Crippen molar-refractivity contribution >= 4 is 29.3 Å². The Hall–Kier alpha value is -3.66. The summed E-state index contributed by atoms with van der Waals surface area (Å²) in [6.07, 6.45) is -0.222. The van der Waals surface area contributed by atoms with Crippen LogP contribution in [-0.4, -0.2) is 63.3 Å². The molecule has 2 saturated heterocycles. The van der Waals surface area contributed by atoms with Crippen LogP contribution in [0.3, 0.4) is 0 Å². The Bertz CT molecular complexity index is 1080. The maximum atomic E-state index is 15.0. The molecule has 2 fully saturated rings. The van der Waals surface area contributed by atoms with Gasteiger partial charge in [0.1, 0.15) is 18.5 Å². The minimum atomic E-state index is -0.567. The summed E-state index contributed by atoms with van der Waals surface area (Å²) in [5, 5.41) is 5.52. The standard InChI is InChI=1S/C26H31FN4O5/c1-18(32)28-13-22-15-31(26(34)36-22)21-7-8-24(23(27)11-21)30-10-9-20(14-30)12-29-25(33)17-35-16-19-5-3-2-4-6-19/h2-8,11,20,22H,9-10,12-17H2,1H3,(H,28,32)(H,29,33). The predicted molar refractivity (Wildman–Crippen MR) is 132 cm³/mol. The van der Waals surface area contributed by atoms with Crippen LogP contribution in [-0.2, 0) is 25.7 Å². The van der Waals surface area contributed by atoms with Gasteiger partial charge in [-0.15, -0.1) is 0 Å². The number of cyclic esters (lactones) is 1. The highest BCUT2D eigenvalue weighted by Crippen LogP contribution is 2.30. The van der Waals surface area contributed by atoms with Crippen molar-refractivity contribution in [3.05, 3.63) is 59.9 Å². The van der Waals surface area contributed by atoms with E-state index in [-0.39, 0.29) is 37.4 Å². The smallest absolute Gasteiger partial charge is 0.414 e. The number of hydrogen-bond acceptors (Lipinski definition) is 6. The Morgan fingerprint density at radius 3 is 2.67 bits per heavy atom. The summed E-state index contributed by atoms with van der Waals surface area (Å²) in [5.74, 6) is -0.608. The van der Waals surface area contributed by atoms with E-state index in [1.54, 1.807) is 12.1 Å². The van der Waals surface area contributed by atoms with Crippen LogP contribution in [0.2, 0.25) is 0 Å². The molecule has 10 heteroatoms. The lowest BCUT2D eigenvalue weighted by Gasteiger charge is -2.21. The number of carbonyl (C=O) groups excluding carboxylic acids is 3. The van der Waals surface area contributed by atoms with Crippen LogP contribution < -0.4 is 20.4 Å². The van der Waals surface area contributed by atoms with Gasteiger partial charge in [-0.25, -0.2) is 9.18 Å². The van der Waals surface area contributed by atoms with Crippen molar-refractivity contribution in [1.82, 2.24) is 10.6 Å². The molecule has 4 rings (SSSR count). The number of hydrogen-bond donors (Lipinski definition) is 2. The number of nitrogens with zero attached hydrogens (tertiary/aromatic N) is 2. The minimum Gasteiger partial charge on any atom is -0.442 e. The summed E-state index contributed by atoms with van der Waals surface area (Å²) in [7, 11) is 0. The first-order valence-electron chi connectivity index (χ1n) is 12.0. The van der Waals surface area contributed by atoms with Crippen LogP contribution in [0.25, 0.3) is 0 Å². The molecule has 192 valence electrons. The average Bonchev–Trinajstić information content (AvgIpc) is 3.48. The van der Waals surface area contributed by atoms with E-state index in [0.29, 0.717) is 37.6 Å². The summed E-state index contributed by atoms with van der Waals surface area (Å²) in [5.41, 5.74) is 1.88. The Morgan fingerprint density at radius 1 is 1.11 bits per heavy atom. The number of ether oxygens (including phenoxy) is 2. The van der Waals surface area contributed by atoms with Crippen molar-refractivity contribution in [2.75, 3.05) is 49.1 Å². The molecule has 2 aromatic carbocycles. The van der Waals surface area contributed by atoms with Crippen LogP contribution >= 0.6 is 0 Å². The number of amides is 3. The second kappa shape index (κ2) is 11.9. The molecular formula is C26H31FN4O5. The van der Waals surface area contributed by atoms with Gasteiger partial charge >= 0.3 is 6.09 Å². The number of carbonyl (C=O) groups is 3. The Balaban J connectivity index is 1.23. The molecular weight excluding hydrogens is 467 g/mol. The maximum absolute atomic E-state index is 15.0. The van der Waals surface area contributed by atoms with Gasteiger partial charge in [-0.1, -0.05) is 30.3 Å². The molecule has 0 bridgehead atoms. The molecule has 0 aromatic heterocycles. The van der Waals surface area contributed by atoms with E-state index < -0.39 is 18.0 Å². The molecule has 0 aliphatic carbocycles. The zero-order chi connectivity index (χ0) is 25.5. The quantitative estimate of drug-likeness (QED) is 0.522. The third kappa shape index (κ3) is 6.72. The highest BCUT2D eigenvalue weighted by molar-refractivity contribution is 5.90. The van der Waals surface area contributed by atoms with Crippen LogP contribution in [0, 0.1) is 11.7 Å². The molecule has 2 atom stereocenters. The number of benzene rings is 2. The van der Waals surface area contributed by atoms with Gasteiger partial charge in [0.15, 0.2) is 0 Å². The second-order valence-corrected chi connectivity index (χ2v) is 9.07. The third-order valence-corrected chi connectivity index (χ3v) is 6.25. The fraction of sp³-hybridized carbons (Fsp3) is 0.423. The van der Waals surface area contributed by atoms with Crippen LogP contribution in [0.4, 0.5) is 20.6 Å². The first kappa shape index (κ1) is 25.4. The SMILES string of the molecule is CC(=O)NCC1CN(c2ccc(N3CCC(CNC(=O)COCc4ccccc4)C3)c(F)c2)C(=O)O1. The van der Waals surface area contributed by atoms with Gasteiger partial charge in [-0.3, -0.25) is 14.5 Å². The largest absolute Gasteiger partial charge is 0.442 e. The highest BCUT2D eigenvalue weighted by Gasteiger charge is 2.33. The first-order valence-corrected chi connectivity index (χ1v) is 12.0. The predicted octanol–water partition coefficient (Wildman–Crippen LogP) is 2.45. The number of anilines is 2. The van der Waals surface area contributed by atoms with Gasteiger partial charge in [-0.2, -0.15) is 0 Å². The molecule has 2 aromatic rings. The summed E-state index contributed by atoms with van der Waals surface area (Å²) in [4.78, 5) is 38.7. The van der Waals surface area contributed by atoms with Crippen molar-refractivity contribution in [3.63, 3.8) is 0 Å². The van der Waals surface area contributed by atoms with Gasteiger partial charge in [0.25, 0.3) is 0 Å². The molecule has 0 saturated carbocycles. The monoisotopic (exact) mass is 498 g/mol. The van der Waals surface area contributed by atoms with Crippen molar-refractivity contribution < 1.29 is 28.2 Å². The lowest BCUT2D eigenvalue weighted by molar-refractivity contribution is -0.126. The van der Waals surface area contributed by atoms with E-state index in [2.05, 4.69) is 10.6 Å². The van der Waals surface area contributed by atoms with E-state index in [1.807, 2.05) is 35.2 Å². The molecule has 0 radical (unpaired) electrons. The zero-order valence-corrected chi connectivity index (χ0v) is 20.2. The molecule has 2 aliphatic rings. The van der Waals surface area contributed by atoms with Crippen molar-refractivity contribution in [1.29, 1.82) is 0 Å². The Kier molecular flexibility index (Phi) is 8.37. The topological polar surface area (TPSA) is 100 Å². The summed E-state index contributed by atoms with van der Waals surface area (Å²) >= 11 is 0. The molecule has 9 nitrogen and oxygen atoms in total. The summed E-state index contributed by atoms with van der Waals surface area (Å²) in [6.45, 7) is 4.00. The fourth-order valence-corrected chi connectivity index (χ4v) is 4.38. The average molecular weight is 499 g/mol. The van der Waals surface area contributed by atoms with Crippen molar-refractivity contribution in [2.45, 2.75) is 26.1 Å². The summed E-state index contributed by atoms with van der Waals surface area (Å²) in [6, 6.07) is 14.3. The van der Waals surface area contributed by atoms with E-state index in [1.165, 1.54) is 17.9 Å². The van der Waals surface area contributed by atoms with Gasteiger partial charge < -0.3 is 25.0 Å². The van der Waals surface area contributed by atoms with Crippen LogP contribution in [0.15, 0.2) is 48.5 Å². The lowest BCUT2D eigenvalue weighted by Crippen LogP contribution is -2.33. The number of halogens is 1. The molecule has 3 amide bonds. The molecule has 2 unspecified atom stereocenters. The minimum absolute atomic E-state index is 0.00791.